The second-order valence-corrected chi connectivity index (χ2v) is 4.32. The van der Waals surface area contributed by atoms with Gasteiger partial charge in [0.05, 0.1) is 10.8 Å². The first kappa shape index (κ1) is 14.0. The smallest absolute Gasteiger partial charge is 0.308 e. The van der Waals surface area contributed by atoms with Crippen molar-refractivity contribution in [3.8, 4) is 0 Å². The lowest BCUT2D eigenvalue weighted by Crippen LogP contribution is -2.29. The van der Waals surface area contributed by atoms with E-state index in [2.05, 4.69) is 5.32 Å². The number of nitrogens with zero attached hydrogens (tertiary/aromatic N) is 1. The monoisotopic (exact) mass is 252 g/mol. The molecular formula is C12H16N2O4. The molecule has 0 aromatic heterocycles. The van der Waals surface area contributed by atoms with Crippen LogP contribution in [0.1, 0.15) is 19.4 Å². The Morgan fingerprint density at radius 1 is 1.44 bits per heavy atom. The molecule has 2 atom stereocenters. The van der Waals surface area contributed by atoms with Crippen LogP contribution < -0.4 is 5.32 Å². The summed E-state index contributed by atoms with van der Waals surface area (Å²) in [5, 5.41) is 22.5. The number of non-ortho nitro benzene ring substituents is 1. The summed E-state index contributed by atoms with van der Waals surface area (Å²) < 4.78 is 0. The van der Waals surface area contributed by atoms with Crippen LogP contribution in [0, 0.1) is 23.0 Å². The Hall–Kier alpha value is -2.11. The maximum absolute atomic E-state index is 10.8. The van der Waals surface area contributed by atoms with Crippen LogP contribution in [0.4, 0.5) is 11.4 Å². The molecule has 0 aliphatic heterocycles. The molecule has 0 bridgehead atoms. The summed E-state index contributed by atoms with van der Waals surface area (Å²) in [6.45, 7) is 5.12. The third-order valence-electron chi connectivity index (χ3n) is 2.94. The fourth-order valence-corrected chi connectivity index (χ4v) is 1.51. The number of aliphatic carboxylic acids is 1. The van der Waals surface area contributed by atoms with E-state index in [4.69, 9.17) is 5.11 Å². The Morgan fingerprint density at radius 3 is 2.50 bits per heavy atom. The molecule has 18 heavy (non-hydrogen) atoms. The Kier molecular flexibility index (Phi) is 4.25. The number of anilines is 1. The third-order valence-corrected chi connectivity index (χ3v) is 2.94. The lowest BCUT2D eigenvalue weighted by atomic mass is 10.0. The number of nitrogens with one attached hydrogen (secondary N) is 1. The molecule has 0 amide bonds. The highest BCUT2D eigenvalue weighted by atomic mass is 16.6. The van der Waals surface area contributed by atoms with Gasteiger partial charge in [-0.15, -0.1) is 0 Å². The molecule has 1 rings (SSSR count). The van der Waals surface area contributed by atoms with Crippen LogP contribution >= 0.6 is 0 Å². The normalized spacial score (nSPS) is 13.7. The van der Waals surface area contributed by atoms with Crippen LogP contribution in [0.25, 0.3) is 0 Å². The van der Waals surface area contributed by atoms with E-state index in [0.29, 0.717) is 11.3 Å². The van der Waals surface area contributed by atoms with E-state index in [1.54, 1.807) is 26.8 Å². The number of hydrogen-bond acceptors (Lipinski definition) is 4. The molecule has 0 saturated carbocycles. The summed E-state index contributed by atoms with van der Waals surface area (Å²) in [6, 6.07) is 4.19. The van der Waals surface area contributed by atoms with E-state index in [0.717, 1.165) is 0 Å². The van der Waals surface area contributed by atoms with Gasteiger partial charge < -0.3 is 10.4 Å². The number of hydrogen-bond donors (Lipinski definition) is 2. The van der Waals surface area contributed by atoms with Crippen LogP contribution in [0.3, 0.4) is 0 Å². The lowest BCUT2D eigenvalue weighted by Gasteiger charge is -2.20. The molecule has 6 nitrogen and oxygen atoms in total. The van der Waals surface area contributed by atoms with Gasteiger partial charge in [-0.05, 0) is 32.4 Å². The van der Waals surface area contributed by atoms with E-state index in [1.807, 2.05) is 0 Å². The van der Waals surface area contributed by atoms with Crippen molar-refractivity contribution < 1.29 is 14.8 Å². The molecule has 0 fully saturated rings. The van der Waals surface area contributed by atoms with Gasteiger partial charge in [0.25, 0.3) is 5.69 Å². The van der Waals surface area contributed by atoms with Gasteiger partial charge in [-0.1, -0.05) is 0 Å². The minimum absolute atomic E-state index is 0.0250. The largest absolute Gasteiger partial charge is 0.481 e. The topological polar surface area (TPSA) is 92.5 Å². The Balaban J connectivity index is 2.86. The van der Waals surface area contributed by atoms with Crippen molar-refractivity contribution >= 4 is 17.3 Å². The van der Waals surface area contributed by atoms with Crippen LogP contribution in [0.2, 0.25) is 0 Å². The molecule has 0 spiro atoms. The number of nitro benzene ring substituents is 1. The predicted octanol–water partition coefficient (Wildman–Crippen LogP) is 2.42. The van der Waals surface area contributed by atoms with Crippen molar-refractivity contribution in [2.45, 2.75) is 26.8 Å². The van der Waals surface area contributed by atoms with Crippen molar-refractivity contribution in [2.24, 2.45) is 5.92 Å². The predicted molar refractivity (Wildman–Crippen MR) is 67.7 cm³/mol. The average Bonchev–Trinajstić information content (AvgIpc) is 2.30. The molecule has 0 radical (unpaired) electrons. The molecule has 0 aliphatic carbocycles. The average molecular weight is 252 g/mol. The summed E-state index contributed by atoms with van der Waals surface area (Å²) in [7, 11) is 0. The molecule has 6 heteroatoms. The Morgan fingerprint density at radius 2 is 2.06 bits per heavy atom. The van der Waals surface area contributed by atoms with Crippen molar-refractivity contribution in [3.63, 3.8) is 0 Å². The quantitative estimate of drug-likeness (QED) is 0.620. The van der Waals surface area contributed by atoms with Gasteiger partial charge in [-0.25, -0.2) is 0 Å². The number of carboxylic acid groups (broad SMARTS) is 1. The van der Waals surface area contributed by atoms with Gasteiger partial charge >= 0.3 is 5.97 Å². The first-order valence-electron chi connectivity index (χ1n) is 5.57. The van der Waals surface area contributed by atoms with Gasteiger partial charge in [0.15, 0.2) is 0 Å². The van der Waals surface area contributed by atoms with Crippen LogP contribution in [0.5, 0.6) is 0 Å². The number of benzene rings is 1. The van der Waals surface area contributed by atoms with Crippen molar-refractivity contribution in [3.05, 3.63) is 33.9 Å². The third kappa shape index (κ3) is 3.19. The second-order valence-electron chi connectivity index (χ2n) is 4.32. The Labute approximate surface area is 105 Å². The number of rotatable bonds is 5. The van der Waals surface area contributed by atoms with Gasteiger partial charge in [-0.3, -0.25) is 14.9 Å². The summed E-state index contributed by atoms with van der Waals surface area (Å²) in [5.74, 6) is -1.42. The lowest BCUT2D eigenvalue weighted by molar-refractivity contribution is -0.384. The molecule has 98 valence electrons. The van der Waals surface area contributed by atoms with Crippen LogP contribution in [0.15, 0.2) is 18.2 Å². The fourth-order valence-electron chi connectivity index (χ4n) is 1.51. The molecular weight excluding hydrogens is 236 g/mol. The highest BCUT2D eigenvalue weighted by molar-refractivity contribution is 5.71. The zero-order chi connectivity index (χ0) is 13.9. The zero-order valence-electron chi connectivity index (χ0n) is 10.5. The SMILES string of the molecule is Cc1cc([N+](=O)[O-])ccc1NC(C)C(C)C(=O)O. The number of carboxylic acids is 1. The van der Waals surface area contributed by atoms with Crippen LogP contribution in [-0.2, 0) is 4.79 Å². The van der Waals surface area contributed by atoms with Crippen LogP contribution in [-0.4, -0.2) is 22.0 Å². The molecule has 1 aromatic rings. The van der Waals surface area contributed by atoms with E-state index in [-0.39, 0.29) is 11.7 Å². The minimum Gasteiger partial charge on any atom is -0.481 e. The first-order valence-corrected chi connectivity index (χ1v) is 5.57. The highest BCUT2D eigenvalue weighted by Crippen LogP contribution is 2.22. The molecule has 2 unspecified atom stereocenters. The molecule has 0 aliphatic rings. The van der Waals surface area contributed by atoms with Crippen molar-refractivity contribution in [1.29, 1.82) is 0 Å². The second kappa shape index (κ2) is 5.48. The summed E-state index contributed by atoms with van der Waals surface area (Å²) >= 11 is 0. The van der Waals surface area contributed by atoms with Crippen molar-refractivity contribution in [2.75, 3.05) is 5.32 Å². The maximum atomic E-state index is 10.8. The Bertz CT molecular complexity index is 473. The van der Waals surface area contributed by atoms with Gasteiger partial charge in [0, 0.05) is 23.9 Å². The first-order chi connectivity index (χ1) is 8.32. The number of nitro groups is 1. The molecule has 2 N–H and O–H groups in total. The van der Waals surface area contributed by atoms with E-state index in [1.165, 1.54) is 12.1 Å². The van der Waals surface area contributed by atoms with E-state index in [9.17, 15) is 14.9 Å². The highest BCUT2D eigenvalue weighted by Gasteiger charge is 2.20. The van der Waals surface area contributed by atoms with Gasteiger partial charge in [0.1, 0.15) is 0 Å². The number of carbonyl (C=O) groups is 1. The summed E-state index contributed by atoms with van der Waals surface area (Å²) in [5.41, 5.74) is 1.45. The summed E-state index contributed by atoms with van der Waals surface area (Å²) in [6.07, 6.45) is 0. The standard InChI is InChI=1S/C12H16N2O4/c1-7-6-10(14(17)18)4-5-11(7)13-9(3)8(2)12(15)16/h4-6,8-9,13H,1-3H3,(H,15,16). The van der Waals surface area contributed by atoms with E-state index < -0.39 is 16.8 Å². The minimum atomic E-state index is -0.880. The number of aryl methyl sites for hydroxylation is 1. The zero-order valence-corrected chi connectivity index (χ0v) is 10.5. The van der Waals surface area contributed by atoms with Gasteiger partial charge in [0.2, 0.25) is 0 Å². The molecule has 0 saturated heterocycles. The fraction of sp³-hybridized carbons (Fsp3) is 0.417. The molecule has 1 aromatic carbocycles. The van der Waals surface area contributed by atoms with E-state index >= 15 is 0 Å². The van der Waals surface area contributed by atoms with Crippen molar-refractivity contribution in [1.82, 2.24) is 0 Å². The molecule has 0 heterocycles. The maximum Gasteiger partial charge on any atom is 0.308 e. The summed E-state index contributed by atoms with van der Waals surface area (Å²) in [4.78, 5) is 21.0. The van der Waals surface area contributed by atoms with Gasteiger partial charge in [-0.2, -0.15) is 0 Å².